The summed E-state index contributed by atoms with van der Waals surface area (Å²) in [4.78, 5) is 0.538. The van der Waals surface area contributed by atoms with Crippen molar-refractivity contribution in [1.82, 2.24) is 0 Å². The quantitative estimate of drug-likeness (QED) is 0.645. The second-order valence-electron chi connectivity index (χ2n) is 3.49. The van der Waals surface area contributed by atoms with Gasteiger partial charge < -0.3 is 5.43 Å². The van der Waals surface area contributed by atoms with E-state index in [4.69, 9.17) is 5.84 Å². The van der Waals surface area contributed by atoms with Gasteiger partial charge in [0.1, 0.15) is 0 Å². The number of rotatable bonds is 3. The molecule has 121 valence electrons. The summed E-state index contributed by atoms with van der Waals surface area (Å²) in [7, 11) is -3.43. The number of hydrogen-bond donors (Lipinski definition) is 2. The molecule has 0 bridgehead atoms. The molecule has 0 saturated heterocycles. The first-order valence-corrected chi connectivity index (χ1v) is 8.50. The average Bonchev–Trinajstić information content (AvgIpc) is 2.59. The van der Waals surface area contributed by atoms with Crippen molar-refractivity contribution in [2.45, 2.75) is 37.5 Å². The average molecular weight is 359 g/mol. The zero-order chi connectivity index (χ0) is 16.3. The van der Waals surface area contributed by atoms with Crippen LogP contribution in [0.2, 0.25) is 0 Å². The molecule has 0 amide bonds. The summed E-state index contributed by atoms with van der Waals surface area (Å²) in [6.45, 7) is 8.00. The molecule has 0 heterocycles. The van der Waals surface area contributed by atoms with E-state index >= 15 is 0 Å². The number of hydrazine groups is 1. The SMILES string of the molecule is CC.CC.NNc1ccc(S(=O)(=O)c2ccccc2)cc1.[V]. The molecule has 2 rings (SSSR count). The van der Waals surface area contributed by atoms with Gasteiger partial charge in [0.2, 0.25) is 9.84 Å². The number of nitrogens with one attached hydrogen (secondary N) is 1. The molecule has 4 nitrogen and oxygen atoms in total. The maximum Gasteiger partial charge on any atom is 0.206 e. The van der Waals surface area contributed by atoms with Crippen molar-refractivity contribution in [3.8, 4) is 0 Å². The van der Waals surface area contributed by atoms with Gasteiger partial charge in [-0.2, -0.15) is 0 Å². The Hall–Kier alpha value is -1.27. The van der Waals surface area contributed by atoms with Gasteiger partial charge in [-0.25, -0.2) is 8.42 Å². The van der Waals surface area contributed by atoms with E-state index in [-0.39, 0.29) is 28.3 Å². The van der Waals surface area contributed by atoms with E-state index < -0.39 is 9.84 Å². The van der Waals surface area contributed by atoms with Gasteiger partial charge in [0, 0.05) is 24.2 Å². The van der Waals surface area contributed by atoms with Crippen molar-refractivity contribution in [1.29, 1.82) is 0 Å². The van der Waals surface area contributed by atoms with E-state index in [0.717, 1.165) is 0 Å². The Balaban J connectivity index is 0. The molecule has 0 atom stereocenters. The molecule has 0 fully saturated rings. The third kappa shape index (κ3) is 6.24. The predicted molar refractivity (Wildman–Crippen MR) is 88.8 cm³/mol. The normalized spacial score (nSPS) is 9.14. The van der Waals surface area contributed by atoms with Crippen LogP contribution in [-0.4, -0.2) is 8.42 Å². The van der Waals surface area contributed by atoms with Crippen LogP contribution in [0, 0.1) is 0 Å². The summed E-state index contributed by atoms with van der Waals surface area (Å²) in [6, 6.07) is 14.6. The van der Waals surface area contributed by atoms with Gasteiger partial charge in [-0.05, 0) is 36.4 Å². The molecule has 0 saturated carbocycles. The van der Waals surface area contributed by atoms with E-state index in [9.17, 15) is 8.42 Å². The van der Waals surface area contributed by atoms with Crippen LogP contribution in [0.5, 0.6) is 0 Å². The number of sulfone groups is 1. The van der Waals surface area contributed by atoms with Crippen molar-refractivity contribution >= 4 is 15.5 Å². The van der Waals surface area contributed by atoms with Gasteiger partial charge in [0.05, 0.1) is 9.79 Å². The fraction of sp³-hybridized carbons (Fsp3) is 0.250. The van der Waals surface area contributed by atoms with Gasteiger partial charge in [-0.3, -0.25) is 5.84 Å². The van der Waals surface area contributed by atoms with Gasteiger partial charge in [-0.1, -0.05) is 45.9 Å². The molecule has 2 aromatic carbocycles. The van der Waals surface area contributed by atoms with Gasteiger partial charge in [-0.15, -0.1) is 0 Å². The minimum atomic E-state index is -3.43. The van der Waals surface area contributed by atoms with Gasteiger partial charge >= 0.3 is 0 Å². The van der Waals surface area contributed by atoms with E-state index in [1.54, 1.807) is 42.5 Å². The van der Waals surface area contributed by atoms with Gasteiger partial charge in [0.15, 0.2) is 0 Å². The van der Waals surface area contributed by atoms with Crippen LogP contribution >= 0.6 is 0 Å². The number of benzene rings is 2. The smallest absolute Gasteiger partial charge is 0.206 e. The van der Waals surface area contributed by atoms with Crippen LogP contribution in [0.4, 0.5) is 5.69 Å². The molecule has 1 radical (unpaired) electrons. The first-order chi connectivity index (χ1) is 10.1. The van der Waals surface area contributed by atoms with Crippen molar-refractivity contribution in [2.24, 2.45) is 5.84 Å². The minimum Gasteiger partial charge on any atom is -0.324 e. The van der Waals surface area contributed by atoms with E-state index in [2.05, 4.69) is 5.43 Å². The summed E-state index contributed by atoms with van der Waals surface area (Å²) in [6.07, 6.45) is 0. The maximum absolute atomic E-state index is 12.2. The number of anilines is 1. The Morgan fingerprint density at radius 2 is 1.18 bits per heavy atom. The van der Waals surface area contributed by atoms with E-state index in [1.165, 1.54) is 12.1 Å². The van der Waals surface area contributed by atoms with Crippen molar-refractivity contribution in [3.05, 3.63) is 54.6 Å². The van der Waals surface area contributed by atoms with Crippen molar-refractivity contribution < 1.29 is 27.0 Å². The van der Waals surface area contributed by atoms with Crippen LogP contribution < -0.4 is 11.3 Å². The third-order valence-electron chi connectivity index (χ3n) is 2.38. The molecule has 0 spiro atoms. The van der Waals surface area contributed by atoms with Crippen LogP contribution in [0.25, 0.3) is 0 Å². The van der Waals surface area contributed by atoms with Crippen molar-refractivity contribution in [2.75, 3.05) is 5.43 Å². The summed E-state index contributed by atoms with van der Waals surface area (Å²) in [5.74, 6) is 5.22. The second-order valence-corrected chi connectivity index (χ2v) is 5.43. The summed E-state index contributed by atoms with van der Waals surface area (Å²) < 4.78 is 24.4. The van der Waals surface area contributed by atoms with Crippen LogP contribution in [-0.2, 0) is 28.4 Å². The Labute approximate surface area is 145 Å². The zero-order valence-corrected chi connectivity index (χ0v) is 15.7. The fourth-order valence-corrected chi connectivity index (χ4v) is 2.75. The molecular formula is C16H24N2O2SV. The molecular weight excluding hydrogens is 335 g/mol. The zero-order valence-electron chi connectivity index (χ0n) is 13.4. The molecule has 3 N–H and O–H groups in total. The Morgan fingerprint density at radius 3 is 1.59 bits per heavy atom. The Bertz CT molecular complexity index is 600. The monoisotopic (exact) mass is 359 g/mol. The molecule has 0 unspecified atom stereocenters. The Morgan fingerprint density at radius 1 is 0.773 bits per heavy atom. The first kappa shape index (κ1) is 23.0. The third-order valence-corrected chi connectivity index (χ3v) is 4.17. The molecule has 22 heavy (non-hydrogen) atoms. The summed E-state index contributed by atoms with van der Waals surface area (Å²) in [5.41, 5.74) is 3.11. The molecule has 2 aromatic rings. The van der Waals surface area contributed by atoms with E-state index in [0.29, 0.717) is 5.69 Å². The van der Waals surface area contributed by atoms with Crippen LogP contribution in [0.3, 0.4) is 0 Å². The summed E-state index contributed by atoms with van der Waals surface area (Å²) >= 11 is 0. The minimum absolute atomic E-state index is 0. The topological polar surface area (TPSA) is 72.2 Å². The number of nitrogen functional groups attached to an aromatic ring is 1. The van der Waals surface area contributed by atoms with Crippen LogP contribution in [0.15, 0.2) is 64.4 Å². The molecule has 6 heteroatoms. The standard InChI is InChI=1S/C12H12N2O2S.2C2H6.V/c13-14-10-6-8-12(9-7-10)17(15,16)11-4-2-1-3-5-11;2*1-2;/h1-9,14H,13H2;2*1-2H3;. The predicted octanol–water partition coefficient (Wildman–Crippen LogP) is 3.85. The largest absolute Gasteiger partial charge is 0.324 e. The number of hydrogen-bond acceptors (Lipinski definition) is 4. The molecule has 0 aliphatic heterocycles. The van der Waals surface area contributed by atoms with Crippen LogP contribution in [0.1, 0.15) is 27.7 Å². The summed E-state index contributed by atoms with van der Waals surface area (Å²) in [5, 5.41) is 0. The maximum atomic E-state index is 12.2. The number of nitrogens with two attached hydrogens (primary N) is 1. The fourth-order valence-electron chi connectivity index (χ4n) is 1.47. The van der Waals surface area contributed by atoms with Gasteiger partial charge in [0.25, 0.3) is 0 Å². The first-order valence-electron chi connectivity index (χ1n) is 7.01. The molecule has 0 aliphatic carbocycles. The molecule has 0 aromatic heterocycles. The van der Waals surface area contributed by atoms with E-state index in [1.807, 2.05) is 27.7 Å². The second kappa shape index (κ2) is 12.3. The Kier molecular flexibility index (Phi) is 12.9. The molecule has 0 aliphatic rings. The van der Waals surface area contributed by atoms with Crippen molar-refractivity contribution in [3.63, 3.8) is 0 Å².